The van der Waals surface area contributed by atoms with Gasteiger partial charge in [0.25, 0.3) is 15.9 Å². The van der Waals surface area contributed by atoms with Crippen molar-refractivity contribution in [3.8, 4) is 22.6 Å². The average molecular weight is 509 g/mol. The van der Waals surface area contributed by atoms with Gasteiger partial charge in [-0.1, -0.05) is 23.2 Å². The van der Waals surface area contributed by atoms with Crippen LogP contribution in [0.4, 0.5) is 14.5 Å². The van der Waals surface area contributed by atoms with Gasteiger partial charge in [-0.15, -0.1) is 0 Å². The Morgan fingerprint density at radius 3 is 2.56 bits per heavy atom. The number of anilines is 1. The summed E-state index contributed by atoms with van der Waals surface area (Å²) in [5, 5.41) is 9.91. The number of phenolic OH excluding ortho intramolecular Hbond substituents is 1. The minimum Gasteiger partial charge on any atom is -0.505 e. The molecular weight excluding hydrogens is 490 g/mol. The van der Waals surface area contributed by atoms with Gasteiger partial charge >= 0.3 is 0 Å². The van der Waals surface area contributed by atoms with E-state index in [-0.39, 0.29) is 40.6 Å². The van der Waals surface area contributed by atoms with Crippen molar-refractivity contribution in [2.24, 2.45) is 0 Å². The van der Waals surface area contributed by atoms with Crippen molar-refractivity contribution in [3.63, 3.8) is 0 Å². The van der Waals surface area contributed by atoms with Gasteiger partial charge in [0, 0.05) is 29.8 Å². The van der Waals surface area contributed by atoms with Crippen LogP contribution < -0.4 is 9.46 Å². The molecule has 34 heavy (non-hydrogen) atoms. The molecule has 4 rings (SSSR count). The topological polar surface area (TPSA) is 95.9 Å². The number of aryl methyl sites for hydroxylation is 1. The first-order chi connectivity index (χ1) is 16.0. The molecule has 3 aromatic rings. The number of hydrogen-bond donors (Lipinski definition) is 2. The Kier molecular flexibility index (Phi) is 6.13. The highest BCUT2D eigenvalue weighted by Gasteiger charge is 2.27. The molecule has 1 amide bonds. The lowest BCUT2D eigenvalue weighted by atomic mass is 10.0. The molecule has 1 aliphatic rings. The number of aromatic hydroxyl groups is 1. The zero-order valence-corrected chi connectivity index (χ0v) is 19.6. The zero-order chi connectivity index (χ0) is 24.8. The number of nitrogens with one attached hydrogen (secondary N) is 1. The van der Waals surface area contributed by atoms with Crippen LogP contribution in [0, 0.1) is 18.6 Å². The highest BCUT2D eigenvalue weighted by Crippen LogP contribution is 2.38. The van der Waals surface area contributed by atoms with Gasteiger partial charge in [0.15, 0.2) is 5.75 Å². The molecule has 3 aromatic carbocycles. The highest BCUT2D eigenvalue weighted by atomic mass is 35.5. The summed E-state index contributed by atoms with van der Waals surface area (Å²) < 4.78 is 63.4. The molecule has 0 saturated heterocycles. The number of carbonyl (C=O) groups excluding carboxylic acids is 1. The molecule has 1 aliphatic heterocycles. The van der Waals surface area contributed by atoms with Crippen LogP contribution in [-0.2, 0) is 10.0 Å². The second-order valence-electron chi connectivity index (χ2n) is 7.80. The largest absolute Gasteiger partial charge is 0.505 e. The number of likely N-dealkylation sites (N-methyl/N-ethyl adjacent to an activating group) is 1. The molecule has 0 unspecified atom stereocenters. The number of fused-ring (bicyclic) bond motifs is 6. The fraction of sp³-hybridized carbons (Fsp3) is 0.174. The minimum absolute atomic E-state index is 0.0309. The monoisotopic (exact) mass is 508 g/mol. The second kappa shape index (κ2) is 8.77. The summed E-state index contributed by atoms with van der Waals surface area (Å²) in [6.07, 6.45) is 0. The third-order valence-electron chi connectivity index (χ3n) is 5.32. The predicted octanol–water partition coefficient (Wildman–Crippen LogP) is 4.56. The number of sulfonamides is 1. The average Bonchev–Trinajstić information content (AvgIpc) is 2.77. The maximum Gasteiger partial charge on any atom is 0.265 e. The van der Waals surface area contributed by atoms with Crippen molar-refractivity contribution in [1.29, 1.82) is 0 Å². The van der Waals surface area contributed by atoms with Gasteiger partial charge in [-0.25, -0.2) is 17.2 Å². The molecule has 178 valence electrons. The van der Waals surface area contributed by atoms with E-state index in [2.05, 4.69) is 0 Å². The van der Waals surface area contributed by atoms with E-state index in [1.54, 1.807) is 25.1 Å². The van der Waals surface area contributed by atoms with Crippen molar-refractivity contribution < 1.29 is 31.8 Å². The van der Waals surface area contributed by atoms with Gasteiger partial charge in [-0.2, -0.15) is 0 Å². The first-order valence-corrected chi connectivity index (χ1v) is 11.9. The van der Waals surface area contributed by atoms with Crippen LogP contribution >= 0.6 is 11.6 Å². The summed E-state index contributed by atoms with van der Waals surface area (Å²) in [7, 11) is -3.16. The summed E-state index contributed by atoms with van der Waals surface area (Å²) in [5.74, 6) is -3.24. The molecule has 0 fully saturated rings. The third-order valence-corrected chi connectivity index (χ3v) is 6.99. The molecule has 0 spiro atoms. The maximum absolute atomic E-state index is 14.8. The lowest BCUT2D eigenvalue weighted by molar-refractivity contribution is 0.0773. The van der Waals surface area contributed by atoms with Crippen molar-refractivity contribution in [2.75, 3.05) is 24.9 Å². The standard InChI is InChI=1S/C23H19ClF2N2O5S/c1-12-3-4-20-15(7-12)14-10-19(18(26)11-17(14)25)27-34(31,32)21-9-13(8-16(24)22(21)29)23(30)28(2)5-6-33-20/h3-4,7-11,27,29H,5-6H2,1-2H3. The molecule has 11 heteroatoms. The van der Waals surface area contributed by atoms with Crippen LogP contribution in [0.3, 0.4) is 0 Å². The first kappa shape index (κ1) is 23.8. The summed E-state index contributed by atoms with van der Waals surface area (Å²) >= 11 is 5.98. The lowest BCUT2D eigenvalue weighted by Crippen LogP contribution is -2.31. The normalized spacial score (nSPS) is 15.4. The van der Waals surface area contributed by atoms with Gasteiger partial charge in [0.2, 0.25) is 0 Å². The van der Waals surface area contributed by atoms with E-state index < -0.39 is 43.9 Å². The van der Waals surface area contributed by atoms with Crippen LogP contribution in [0.25, 0.3) is 11.1 Å². The number of hydrogen-bond acceptors (Lipinski definition) is 5. The summed E-state index contributed by atoms with van der Waals surface area (Å²) in [6.45, 7) is 1.90. The van der Waals surface area contributed by atoms with Crippen molar-refractivity contribution in [2.45, 2.75) is 11.8 Å². The fourth-order valence-corrected chi connectivity index (χ4v) is 5.01. The number of rotatable bonds is 0. The van der Waals surface area contributed by atoms with Gasteiger partial charge in [0.1, 0.15) is 28.9 Å². The van der Waals surface area contributed by atoms with E-state index in [1.165, 1.54) is 11.9 Å². The van der Waals surface area contributed by atoms with E-state index in [9.17, 15) is 27.1 Å². The molecule has 4 bridgehead atoms. The Bertz CT molecular complexity index is 1430. The molecular formula is C23H19ClF2N2O5S. The van der Waals surface area contributed by atoms with E-state index >= 15 is 0 Å². The van der Waals surface area contributed by atoms with Crippen molar-refractivity contribution in [1.82, 2.24) is 4.90 Å². The molecule has 1 heterocycles. The van der Waals surface area contributed by atoms with Gasteiger partial charge in [-0.3, -0.25) is 9.52 Å². The van der Waals surface area contributed by atoms with Gasteiger partial charge in [-0.05, 0) is 37.3 Å². The molecule has 0 radical (unpaired) electrons. The summed E-state index contributed by atoms with van der Waals surface area (Å²) in [5.41, 5.74) is 0.246. The van der Waals surface area contributed by atoms with Crippen molar-refractivity contribution in [3.05, 3.63) is 70.2 Å². The van der Waals surface area contributed by atoms with Crippen molar-refractivity contribution >= 4 is 33.2 Å². The molecule has 0 aromatic heterocycles. The molecule has 7 nitrogen and oxygen atoms in total. The number of benzene rings is 3. The van der Waals surface area contributed by atoms with Crippen LogP contribution in [0.5, 0.6) is 11.5 Å². The number of ether oxygens (including phenoxy) is 1. The third kappa shape index (κ3) is 4.38. The molecule has 0 aliphatic carbocycles. The molecule has 2 N–H and O–H groups in total. The Balaban J connectivity index is 1.97. The zero-order valence-electron chi connectivity index (χ0n) is 18.0. The predicted molar refractivity (Wildman–Crippen MR) is 123 cm³/mol. The minimum atomic E-state index is -4.64. The quantitative estimate of drug-likeness (QED) is 0.464. The lowest BCUT2D eigenvalue weighted by Gasteiger charge is -2.19. The fourth-order valence-electron chi connectivity index (χ4n) is 3.53. The first-order valence-electron chi connectivity index (χ1n) is 10.0. The Morgan fingerprint density at radius 1 is 1.09 bits per heavy atom. The summed E-state index contributed by atoms with van der Waals surface area (Å²) in [6, 6.07) is 8.58. The second-order valence-corrected chi connectivity index (χ2v) is 9.86. The number of nitrogens with zero attached hydrogens (tertiary/aromatic N) is 1. The number of carbonyl (C=O) groups is 1. The van der Waals surface area contributed by atoms with Crippen LogP contribution in [0.15, 0.2) is 47.4 Å². The van der Waals surface area contributed by atoms with Gasteiger partial charge in [0.05, 0.1) is 17.3 Å². The van der Waals surface area contributed by atoms with Crippen LogP contribution in [-0.4, -0.2) is 44.5 Å². The summed E-state index contributed by atoms with van der Waals surface area (Å²) in [4.78, 5) is 13.4. The van der Waals surface area contributed by atoms with E-state index in [0.29, 0.717) is 6.07 Å². The number of halogens is 3. The maximum atomic E-state index is 14.8. The van der Waals surface area contributed by atoms with Crippen LogP contribution in [0.2, 0.25) is 5.02 Å². The molecule has 0 saturated carbocycles. The molecule has 0 atom stereocenters. The smallest absolute Gasteiger partial charge is 0.265 e. The Labute approximate surface area is 199 Å². The van der Waals surface area contributed by atoms with Crippen LogP contribution in [0.1, 0.15) is 15.9 Å². The Morgan fingerprint density at radius 2 is 1.82 bits per heavy atom. The SMILES string of the molecule is Cc1ccc2c(c1)-c1cc(c(F)cc1F)NS(=O)(=O)c1cc(cc(Cl)c1O)C(=O)N(C)CCO2. The van der Waals surface area contributed by atoms with E-state index in [1.807, 2.05) is 4.72 Å². The number of amides is 1. The highest BCUT2D eigenvalue weighted by molar-refractivity contribution is 7.92. The Hall–Kier alpha value is -3.37. The van der Waals surface area contributed by atoms with E-state index in [0.717, 1.165) is 23.8 Å². The van der Waals surface area contributed by atoms with Gasteiger partial charge < -0.3 is 14.7 Å². The van der Waals surface area contributed by atoms with E-state index in [4.69, 9.17) is 16.3 Å². The number of phenols is 1.